The summed E-state index contributed by atoms with van der Waals surface area (Å²) < 4.78 is 10.8. The molecule has 1 unspecified atom stereocenters. The number of carbonyl (C=O) groups excluding carboxylic acids is 2. The van der Waals surface area contributed by atoms with Gasteiger partial charge >= 0.3 is 0 Å². The fourth-order valence-corrected chi connectivity index (χ4v) is 2.20. The third kappa shape index (κ3) is 4.73. The molecule has 0 aromatic heterocycles. The zero-order chi connectivity index (χ0) is 18.4. The van der Waals surface area contributed by atoms with Crippen LogP contribution in [0.4, 0.5) is 0 Å². The predicted octanol–water partition coefficient (Wildman–Crippen LogP) is 2.54. The Hall–Kier alpha value is -3.02. The van der Waals surface area contributed by atoms with E-state index < -0.39 is 17.9 Å². The second kappa shape index (κ2) is 8.19. The Bertz CT molecular complexity index is 774. The summed E-state index contributed by atoms with van der Waals surface area (Å²) in [6.07, 6.45) is -0.765. The maximum absolute atomic E-state index is 12.2. The lowest BCUT2D eigenvalue weighted by Gasteiger charge is -2.17. The molecule has 25 heavy (non-hydrogen) atoms. The van der Waals surface area contributed by atoms with Gasteiger partial charge in [0.1, 0.15) is 11.5 Å². The van der Waals surface area contributed by atoms with Crippen molar-refractivity contribution in [3.63, 3.8) is 0 Å². The van der Waals surface area contributed by atoms with E-state index in [2.05, 4.69) is 10.9 Å². The fourth-order valence-electron chi connectivity index (χ4n) is 2.20. The first-order valence-corrected chi connectivity index (χ1v) is 7.89. The minimum atomic E-state index is -0.765. The summed E-state index contributed by atoms with van der Waals surface area (Å²) >= 11 is 0. The van der Waals surface area contributed by atoms with Gasteiger partial charge in [-0.05, 0) is 50.1 Å². The van der Waals surface area contributed by atoms with E-state index in [9.17, 15) is 9.59 Å². The monoisotopic (exact) mass is 342 g/mol. The molecule has 0 spiro atoms. The third-order valence-corrected chi connectivity index (χ3v) is 3.67. The highest BCUT2D eigenvalue weighted by Gasteiger charge is 2.18. The number of para-hydroxylation sites is 1. The highest BCUT2D eigenvalue weighted by atomic mass is 16.5. The summed E-state index contributed by atoms with van der Waals surface area (Å²) in [6, 6.07) is 12.5. The molecule has 0 saturated carbocycles. The van der Waals surface area contributed by atoms with Crippen LogP contribution in [-0.4, -0.2) is 25.0 Å². The Kier molecular flexibility index (Phi) is 6.00. The van der Waals surface area contributed by atoms with Crippen LogP contribution in [0.3, 0.4) is 0 Å². The largest absolute Gasteiger partial charge is 0.496 e. The zero-order valence-corrected chi connectivity index (χ0v) is 14.8. The number of rotatable bonds is 5. The van der Waals surface area contributed by atoms with Crippen molar-refractivity contribution in [1.82, 2.24) is 10.9 Å². The van der Waals surface area contributed by atoms with E-state index in [1.54, 1.807) is 31.2 Å². The van der Waals surface area contributed by atoms with Gasteiger partial charge < -0.3 is 9.47 Å². The van der Waals surface area contributed by atoms with Gasteiger partial charge in [-0.3, -0.25) is 20.4 Å². The SMILES string of the molecule is COc1ccccc1C(=O)NNC(=O)C(C)Oc1cc(C)ccc1C. The van der Waals surface area contributed by atoms with Gasteiger partial charge in [0.05, 0.1) is 12.7 Å². The molecule has 0 bridgehead atoms. The molecule has 0 radical (unpaired) electrons. The molecular formula is C19H22N2O4. The average Bonchev–Trinajstić information content (AvgIpc) is 2.62. The van der Waals surface area contributed by atoms with Crippen molar-refractivity contribution in [2.45, 2.75) is 26.9 Å². The van der Waals surface area contributed by atoms with Crippen molar-refractivity contribution in [1.29, 1.82) is 0 Å². The standard InChI is InChI=1S/C19H22N2O4/c1-12-9-10-13(2)17(11-12)25-14(3)18(22)20-21-19(23)15-7-5-6-8-16(15)24-4/h5-11,14H,1-4H3,(H,20,22)(H,21,23). The number of amides is 2. The summed E-state index contributed by atoms with van der Waals surface area (Å²) in [5.74, 6) is 0.140. The Morgan fingerprint density at radius 1 is 1.00 bits per heavy atom. The Morgan fingerprint density at radius 3 is 2.44 bits per heavy atom. The number of hydrazine groups is 1. The summed E-state index contributed by atoms with van der Waals surface area (Å²) in [7, 11) is 1.48. The lowest BCUT2D eigenvalue weighted by Crippen LogP contribution is -2.47. The van der Waals surface area contributed by atoms with Gasteiger partial charge in [0, 0.05) is 0 Å². The van der Waals surface area contributed by atoms with Crippen LogP contribution in [0.2, 0.25) is 0 Å². The van der Waals surface area contributed by atoms with Gasteiger partial charge in [-0.25, -0.2) is 0 Å². The molecule has 2 aromatic rings. The topological polar surface area (TPSA) is 76.7 Å². The number of aryl methyl sites for hydroxylation is 2. The lowest BCUT2D eigenvalue weighted by atomic mass is 10.1. The van der Waals surface area contributed by atoms with Crippen molar-refractivity contribution < 1.29 is 19.1 Å². The number of hydrogen-bond donors (Lipinski definition) is 2. The number of nitrogens with one attached hydrogen (secondary N) is 2. The molecule has 132 valence electrons. The molecule has 0 aliphatic rings. The van der Waals surface area contributed by atoms with Crippen LogP contribution in [0.25, 0.3) is 0 Å². The highest BCUT2D eigenvalue weighted by Crippen LogP contribution is 2.20. The van der Waals surface area contributed by atoms with E-state index in [1.807, 2.05) is 32.0 Å². The Morgan fingerprint density at radius 2 is 1.72 bits per heavy atom. The van der Waals surface area contributed by atoms with Gasteiger partial charge in [-0.1, -0.05) is 24.3 Å². The Balaban J connectivity index is 1.95. The lowest BCUT2D eigenvalue weighted by molar-refractivity contribution is -0.128. The number of carbonyl (C=O) groups is 2. The maximum atomic E-state index is 12.2. The van der Waals surface area contributed by atoms with Gasteiger partial charge in [0.15, 0.2) is 6.10 Å². The molecular weight excluding hydrogens is 320 g/mol. The molecule has 0 saturated heterocycles. The average molecular weight is 342 g/mol. The highest BCUT2D eigenvalue weighted by molar-refractivity contribution is 5.98. The summed E-state index contributed by atoms with van der Waals surface area (Å²) in [4.78, 5) is 24.3. The zero-order valence-electron chi connectivity index (χ0n) is 14.8. The quantitative estimate of drug-likeness (QED) is 0.819. The molecule has 2 aromatic carbocycles. The smallest absolute Gasteiger partial charge is 0.279 e. The molecule has 2 amide bonds. The van der Waals surface area contributed by atoms with E-state index in [0.29, 0.717) is 17.1 Å². The number of methoxy groups -OCH3 is 1. The van der Waals surface area contributed by atoms with E-state index in [4.69, 9.17) is 9.47 Å². The van der Waals surface area contributed by atoms with Crippen molar-refractivity contribution in [2.75, 3.05) is 7.11 Å². The molecule has 2 N–H and O–H groups in total. The van der Waals surface area contributed by atoms with Crippen LogP contribution in [0.1, 0.15) is 28.4 Å². The van der Waals surface area contributed by atoms with Gasteiger partial charge in [0.25, 0.3) is 11.8 Å². The molecule has 2 rings (SSSR count). The van der Waals surface area contributed by atoms with Crippen LogP contribution in [0.15, 0.2) is 42.5 Å². The van der Waals surface area contributed by atoms with Crippen LogP contribution in [0.5, 0.6) is 11.5 Å². The first kappa shape index (κ1) is 18.3. The van der Waals surface area contributed by atoms with Gasteiger partial charge in [0.2, 0.25) is 0 Å². The van der Waals surface area contributed by atoms with Crippen LogP contribution < -0.4 is 20.3 Å². The van der Waals surface area contributed by atoms with Crippen molar-refractivity contribution >= 4 is 11.8 Å². The Labute approximate surface area is 147 Å². The van der Waals surface area contributed by atoms with E-state index in [-0.39, 0.29) is 0 Å². The fraction of sp³-hybridized carbons (Fsp3) is 0.263. The number of hydrogen-bond acceptors (Lipinski definition) is 4. The van der Waals surface area contributed by atoms with Crippen LogP contribution in [0, 0.1) is 13.8 Å². The first-order valence-electron chi connectivity index (χ1n) is 7.89. The van der Waals surface area contributed by atoms with Crippen molar-refractivity contribution in [3.8, 4) is 11.5 Å². The van der Waals surface area contributed by atoms with Crippen LogP contribution >= 0.6 is 0 Å². The second-order valence-electron chi connectivity index (χ2n) is 5.67. The summed E-state index contributed by atoms with van der Waals surface area (Å²) in [6.45, 7) is 5.47. The summed E-state index contributed by atoms with van der Waals surface area (Å²) in [5.41, 5.74) is 7.04. The molecule has 1 atom stereocenters. The minimum Gasteiger partial charge on any atom is -0.496 e. The molecule has 0 fully saturated rings. The molecule has 6 nitrogen and oxygen atoms in total. The van der Waals surface area contributed by atoms with Gasteiger partial charge in [-0.2, -0.15) is 0 Å². The van der Waals surface area contributed by atoms with E-state index in [0.717, 1.165) is 11.1 Å². The normalized spacial score (nSPS) is 11.4. The number of benzene rings is 2. The van der Waals surface area contributed by atoms with E-state index in [1.165, 1.54) is 7.11 Å². The minimum absolute atomic E-state index is 0.327. The van der Waals surface area contributed by atoms with Gasteiger partial charge in [-0.15, -0.1) is 0 Å². The summed E-state index contributed by atoms with van der Waals surface area (Å²) in [5, 5.41) is 0. The van der Waals surface area contributed by atoms with Crippen molar-refractivity contribution in [2.24, 2.45) is 0 Å². The molecule has 0 heterocycles. The molecule has 6 heteroatoms. The van der Waals surface area contributed by atoms with Crippen molar-refractivity contribution in [3.05, 3.63) is 59.2 Å². The number of ether oxygens (including phenoxy) is 2. The van der Waals surface area contributed by atoms with Crippen LogP contribution in [-0.2, 0) is 4.79 Å². The third-order valence-electron chi connectivity index (χ3n) is 3.67. The first-order chi connectivity index (χ1) is 11.9. The molecule has 0 aliphatic carbocycles. The maximum Gasteiger partial charge on any atom is 0.279 e. The second-order valence-corrected chi connectivity index (χ2v) is 5.67. The molecule has 0 aliphatic heterocycles. The predicted molar refractivity (Wildman–Crippen MR) is 94.6 cm³/mol. The van der Waals surface area contributed by atoms with E-state index >= 15 is 0 Å².